The van der Waals surface area contributed by atoms with Gasteiger partial charge in [0.05, 0.1) is 11.7 Å². The molecule has 3 nitrogen and oxygen atoms in total. The predicted octanol–water partition coefficient (Wildman–Crippen LogP) is 3.56. The van der Waals surface area contributed by atoms with E-state index in [4.69, 9.17) is 9.47 Å². The van der Waals surface area contributed by atoms with Gasteiger partial charge in [-0.1, -0.05) is 19.8 Å². The van der Waals surface area contributed by atoms with E-state index in [1.54, 1.807) is 0 Å². The molecule has 0 amide bonds. The van der Waals surface area contributed by atoms with E-state index < -0.39 is 5.60 Å². The standard InChI is InChI=1S/C15H28O3/c1-11-7-6-8-14(9-11)12(2)18-15(4,5)10-17-13(3)16/h11-12,14H,6-10H2,1-5H3. The topological polar surface area (TPSA) is 35.5 Å². The summed E-state index contributed by atoms with van der Waals surface area (Å²) in [5, 5.41) is 0. The van der Waals surface area contributed by atoms with Gasteiger partial charge in [0.25, 0.3) is 0 Å². The Morgan fingerprint density at radius 1 is 1.39 bits per heavy atom. The van der Waals surface area contributed by atoms with Crippen molar-refractivity contribution in [2.45, 2.75) is 72.0 Å². The summed E-state index contributed by atoms with van der Waals surface area (Å²) in [5.41, 5.74) is -0.397. The summed E-state index contributed by atoms with van der Waals surface area (Å²) in [6, 6.07) is 0. The average Bonchev–Trinajstić information content (AvgIpc) is 2.26. The van der Waals surface area contributed by atoms with Crippen molar-refractivity contribution in [3.8, 4) is 0 Å². The molecule has 1 aliphatic rings. The van der Waals surface area contributed by atoms with Gasteiger partial charge in [0.15, 0.2) is 0 Å². The molecule has 1 aliphatic carbocycles. The molecular weight excluding hydrogens is 228 g/mol. The summed E-state index contributed by atoms with van der Waals surface area (Å²) >= 11 is 0. The van der Waals surface area contributed by atoms with Crippen LogP contribution in [0, 0.1) is 11.8 Å². The van der Waals surface area contributed by atoms with Crippen LogP contribution in [0.5, 0.6) is 0 Å². The fourth-order valence-corrected chi connectivity index (χ4v) is 2.82. The van der Waals surface area contributed by atoms with Crippen LogP contribution in [0.1, 0.15) is 60.3 Å². The summed E-state index contributed by atoms with van der Waals surface area (Å²) in [7, 11) is 0. The van der Waals surface area contributed by atoms with Gasteiger partial charge in [0, 0.05) is 6.92 Å². The number of hydrogen-bond acceptors (Lipinski definition) is 3. The van der Waals surface area contributed by atoms with Gasteiger partial charge in [-0.25, -0.2) is 0 Å². The summed E-state index contributed by atoms with van der Waals surface area (Å²) in [4.78, 5) is 10.8. The Morgan fingerprint density at radius 2 is 2.06 bits per heavy atom. The lowest BCUT2D eigenvalue weighted by Gasteiger charge is -2.36. The van der Waals surface area contributed by atoms with E-state index in [0.717, 1.165) is 5.92 Å². The van der Waals surface area contributed by atoms with Crippen LogP contribution in [0.25, 0.3) is 0 Å². The highest BCUT2D eigenvalue weighted by atomic mass is 16.6. The lowest BCUT2D eigenvalue weighted by molar-refractivity contribution is -0.159. The Balaban J connectivity index is 2.41. The highest BCUT2D eigenvalue weighted by Crippen LogP contribution is 2.33. The molecule has 0 aromatic carbocycles. The SMILES string of the molecule is CC(=O)OCC(C)(C)OC(C)C1CCCC(C)C1. The molecule has 106 valence electrons. The molecule has 18 heavy (non-hydrogen) atoms. The maximum absolute atomic E-state index is 10.8. The van der Waals surface area contributed by atoms with E-state index in [-0.39, 0.29) is 12.1 Å². The first-order chi connectivity index (χ1) is 8.30. The molecule has 0 N–H and O–H groups in total. The third-order valence-electron chi connectivity index (χ3n) is 3.77. The van der Waals surface area contributed by atoms with Crippen molar-refractivity contribution < 1.29 is 14.3 Å². The number of esters is 1. The van der Waals surface area contributed by atoms with E-state index in [9.17, 15) is 4.79 Å². The zero-order valence-electron chi connectivity index (χ0n) is 12.5. The first kappa shape index (κ1) is 15.5. The van der Waals surface area contributed by atoms with Crippen molar-refractivity contribution in [2.24, 2.45) is 11.8 Å². The first-order valence-corrected chi connectivity index (χ1v) is 7.11. The fraction of sp³-hybridized carbons (Fsp3) is 0.933. The van der Waals surface area contributed by atoms with E-state index in [2.05, 4.69) is 13.8 Å². The van der Waals surface area contributed by atoms with Gasteiger partial charge in [-0.2, -0.15) is 0 Å². The zero-order valence-corrected chi connectivity index (χ0v) is 12.5. The van der Waals surface area contributed by atoms with Gasteiger partial charge in [0.1, 0.15) is 6.61 Å². The van der Waals surface area contributed by atoms with Crippen molar-refractivity contribution in [3.05, 3.63) is 0 Å². The third kappa shape index (κ3) is 5.38. The van der Waals surface area contributed by atoms with Gasteiger partial charge < -0.3 is 9.47 Å². The first-order valence-electron chi connectivity index (χ1n) is 7.11. The second-order valence-corrected chi connectivity index (χ2v) is 6.39. The molecule has 1 rings (SSSR count). The Labute approximate surface area is 111 Å². The molecular formula is C15H28O3. The molecule has 0 saturated heterocycles. The molecule has 0 radical (unpaired) electrons. The van der Waals surface area contributed by atoms with Crippen LogP contribution >= 0.6 is 0 Å². The van der Waals surface area contributed by atoms with Crippen LogP contribution in [-0.4, -0.2) is 24.3 Å². The van der Waals surface area contributed by atoms with Gasteiger partial charge in [-0.05, 0) is 45.4 Å². The summed E-state index contributed by atoms with van der Waals surface area (Å²) in [6.45, 7) is 10.2. The van der Waals surface area contributed by atoms with Crippen LogP contribution in [0.3, 0.4) is 0 Å². The minimum Gasteiger partial charge on any atom is -0.463 e. The molecule has 1 fully saturated rings. The Kier molecular flexibility index (Phi) is 5.64. The molecule has 0 aliphatic heterocycles. The molecule has 0 bridgehead atoms. The van der Waals surface area contributed by atoms with Crippen molar-refractivity contribution in [1.29, 1.82) is 0 Å². The van der Waals surface area contributed by atoms with Gasteiger partial charge in [-0.15, -0.1) is 0 Å². The number of carbonyl (C=O) groups excluding carboxylic acids is 1. The van der Waals surface area contributed by atoms with Crippen molar-refractivity contribution in [1.82, 2.24) is 0 Å². The molecule has 3 heteroatoms. The summed E-state index contributed by atoms with van der Waals surface area (Å²) in [5.74, 6) is 1.21. The Hall–Kier alpha value is -0.570. The smallest absolute Gasteiger partial charge is 0.302 e. The maximum Gasteiger partial charge on any atom is 0.302 e. The van der Waals surface area contributed by atoms with E-state index >= 15 is 0 Å². The van der Waals surface area contributed by atoms with Gasteiger partial charge >= 0.3 is 5.97 Å². The largest absolute Gasteiger partial charge is 0.463 e. The number of ether oxygens (including phenoxy) is 2. The van der Waals surface area contributed by atoms with Gasteiger partial charge in [-0.3, -0.25) is 4.79 Å². The van der Waals surface area contributed by atoms with Crippen LogP contribution in [-0.2, 0) is 14.3 Å². The second-order valence-electron chi connectivity index (χ2n) is 6.39. The predicted molar refractivity (Wildman–Crippen MR) is 72.4 cm³/mol. The molecule has 0 heterocycles. The minimum atomic E-state index is -0.397. The fourth-order valence-electron chi connectivity index (χ4n) is 2.82. The van der Waals surface area contributed by atoms with Gasteiger partial charge in [0.2, 0.25) is 0 Å². The van der Waals surface area contributed by atoms with Crippen molar-refractivity contribution in [3.63, 3.8) is 0 Å². The highest BCUT2D eigenvalue weighted by molar-refractivity contribution is 5.65. The summed E-state index contributed by atoms with van der Waals surface area (Å²) in [6.07, 6.45) is 5.41. The maximum atomic E-state index is 10.8. The quantitative estimate of drug-likeness (QED) is 0.706. The molecule has 1 saturated carbocycles. The Bertz CT molecular complexity index is 273. The molecule has 0 aromatic rings. The number of hydrogen-bond donors (Lipinski definition) is 0. The van der Waals surface area contributed by atoms with E-state index in [1.807, 2.05) is 13.8 Å². The summed E-state index contributed by atoms with van der Waals surface area (Å²) < 4.78 is 11.2. The Morgan fingerprint density at radius 3 is 2.61 bits per heavy atom. The van der Waals surface area contributed by atoms with Crippen LogP contribution < -0.4 is 0 Å². The van der Waals surface area contributed by atoms with E-state index in [1.165, 1.54) is 32.6 Å². The minimum absolute atomic E-state index is 0.235. The van der Waals surface area contributed by atoms with Crippen LogP contribution in [0.2, 0.25) is 0 Å². The average molecular weight is 256 g/mol. The number of carbonyl (C=O) groups is 1. The molecule has 3 unspecified atom stereocenters. The second kappa shape index (κ2) is 6.55. The lowest BCUT2D eigenvalue weighted by atomic mass is 9.80. The highest BCUT2D eigenvalue weighted by Gasteiger charge is 2.30. The van der Waals surface area contributed by atoms with Crippen LogP contribution in [0.15, 0.2) is 0 Å². The molecule has 0 spiro atoms. The normalized spacial score (nSPS) is 26.7. The van der Waals surface area contributed by atoms with Crippen LogP contribution in [0.4, 0.5) is 0 Å². The van der Waals surface area contributed by atoms with E-state index in [0.29, 0.717) is 12.5 Å². The molecule has 0 aromatic heterocycles. The third-order valence-corrected chi connectivity index (χ3v) is 3.77. The lowest BCUT2D eigenvalue weighted by Crippen LogP contribution is -2.38. The zero-order chi connectivity index (χ0) is 13.8. The molecule has 3 atom stereocenters. The monoisotopic (exact) mass is 256 g/mol. The number of rotatable bonds is 5. The van der Waals surface area contributed by atoms with Crippen molar-refractivity contribution in [2.75, 3.05) is 6.61 Å². The van der Waals surface area contributed by atoms with Crippen molar-refractivity contribution >= 4 is 5.97 Å².